The van der Waals surface area contributed by atoms with Crippen molar-refractivity contribution < 1.29 is 9.31 Å². The number of nitrogens with zero attached hydrogens (tertiary/aromatic N) is 1. The Morgan fingerprint density at radius 1 is 1.10 bits per heavy atom. The lowest BCUT2D eigenvalue weighted by Crippen LogP contribution is -2.41. The molecular weight excluding hydrogens is 249 g/mol. The summed E-state index contributed by atoms with van der Waals surface area (Å²) in [6, 6.07) is 8.01. The van der Waals surface area contributed by atoms with E-state index in [1.165, 1.54) is 0 Å². The lowest BCUT2D eigenvalue weighted by Gasteiger charge is -2.32. The Kier molecular flexibility index (Phi) is 3.70. The molecule has 0 saturated carbocycles. The largest absolute Gasteiger partial charge is 0.495 e. The summed E-state index contributed by atoms with van der Waals surface area (Å²) in [7, 11) is -0.411. The SMILES string of the molecule is CC(C)c1c(C#N)cccc1B1OC(C)(C)C(C)(C)O1. The number of hydrogen-bond acceptors (Lipinski definition) is 3. The maximum atomic E-state index is 9.31. The molecule has 0 spiro atoms. The van der Waals surface area contributed by atoms with E-state index >= 15 is 0 Å². The van der Waals surface area contributed by atoms with Crippen molar-refractivity contribution in [3.05, 3.63) is 29.3 Å². The summed E-state index contributed by atoms with van der Waals surface area (Å²) in [5.74, 6) is 0.250. The Balaban J connectivity index is 2.48. The Morgan fingerprint density at radius 2 is 1.65 bits per heavy atom. The van der Waals surface area contributed by atoms with Crippen LogP contribution in [0, 0.1) is 11.3 Å². The molecule has 1 aromatic rings. The molecule has 4 heteroatoms. The second kappa shape index (κ2) is 4.91. The average Bonchev–Trinajstić information content (AvgIpc) is 2.57. The maximum absolute atomic E-state index is 9.31. The van der Waals surface area contributed by atoms with Crippen LogP contribution in [0.25, 0.3) is 0 Å². The van der Waals surface area contributed by atoms with Crippen molar-refractivity contribution in [3.63, 3.8) is 0 Å². The van der Waals surface area contributed by atoms with Gasteiger partial charge in [-0.15, -0.1) is 0 Å². The molecule has 1 aromatic carbocycles. The molecule has 0 bridgehead atoms. The minimum absolute atomic E-state index is 0.250. The van der Waals surface area contributed by atoms with E-state index in [-0.39, 0.29) is 17.1 Å². The third-order valence-corrected chi connectivity index (χ3v) is 4.34. The van der Waals surface area contributed by atoms with Gasteiger partial charge in [-0.2, -0.15) is 5.26 Å². The number of benzene rings is 1. The monoisotopic (exact) mass is 271 g/mol. The first kappa shape index (κ1) is 15.1. The maximum Gasteiger partial charge on any atom is 0.495 e. The molecule has 2 rings (SSSR count). The number of nitriles is 1. The van der Waals surface area contributed by atoms with Crippen LogP contribution in [-0.4, -0.2) is 18.3 Å². The van der Waals surface area contributed by atoms with Crippen LogP contribution >= 0.6 is 0 Å². The Labute approximate surface area is 122 Å². The highest BCUT2D eigenvalue weighted by molar-refractivity contribution is 6.62. The van der Waals surface area contributed by atoms with Crippen molar-refractivity contribution >= 4 is 12.6 Å². The zero-order valence-corrected chi connectivity index (χ0v) is 13.2. The van der Waals surface area contributed by atoms with Crippen molar-refractivity contribution in [2.45, 2.75) is 58.7 Å². The van der Waals surface area contributed by atoms with Crippen molar-refractivity contribution in [1.29, 1.82) is 5.26 Å². The molecule has 0 radical (unpaired) electrons. The van der Waals surface area contributed by atoms with Gasteiger partial charge >= 0.3 is 7.12 Å². The van der Waals surface area contributed by atoms with Crippen LogP contribution in [0.1, 0.15) is 58.6 Å². The van der Waals surface area contributed by atoms with Gasteiger partial charge in [0.25, 0.3) is 0 Å². The van der Waals surface area contributed by atoms with Crippen LogP contribution in [-0.2, 0) is 9.31 Å². The van der Waals surface area contributed by atoms with Gasteiger partial charge in [0.1, 0.15) is 0 Å². The third-order valence-electron chi connectivity index (χ3n) is 4.34. The van der Waals surface area contributed by atoms with E-state index in [0.29, 0.717) is 5.56 Å². The predicted molar refractivity (Wildman–Crippen MR) is 81.0 cm³/mol. The zero-order chi connectivity index (χ0) is 15.1. The molecule has 20 heavy (non-hydrogen) atoms. The van der Waals surface area contributed by atoms with Crippen LogP contribution in [0.2, 0.25) is 0 Å². The first-order valence-electron chi connectivity index (χ1n) is 7.08. The molecular formula is C16H22BNO2. The molecule has 0 amide bonds. The Hall–Kier alpha value is -1.31. The minimum Gasteiger partial charge on any atom is -0.399 e. The Bertz CT molecular complexity index is 542. The second-order valence-electron chi connectivity index (χ2n) is 6.66. The molecule has 0 aromatic heterocycles. The van der Waals surface area contributed by atoms with Gasteiger partial charge in [-0.05, 0) is 50.7 Å². The van der Waals surface area contributed by atoms with E-state index in [1.54, 1.807) is 0 Å². The van der Waals surface area contributed by atoms with Crippen LogP contribution < -0.4 is 5.46 Å². The average molecular weight is 271 g/mol. The molecule has 1 aliphatic rings. The van der Waals surface area contributed by atoms with Gasteiger partial charge in [-0.25, -0.2) is 0 Å². The van der Waals surface area contributed by atoms with E-state index in [9.17, 15) is 5.26 Å². The van der Waals surface area contributed by atoms with E-state index in [1.807, 2.05) is 45.9 Å². The summed E-state index contributed by atoms with van der Waals surface area (Å²) in [5.41, 5.74) is 1.96. The van der Waals surface area contributed by atoms with Gasteiger partial charge in [0.05, 0.1) is 22.8 Å². The quantitative estimate of drug-likeness (QED) is 0.776. The van der Waals surface area contributed by atoms with Gasteiger partial charge in [0.2, 0.25) is 0 Å². The van der Waals surface area contributed by atoms with Gasteiger partial charge < -0.3 is 9.31 Å². The van der Waals surface area contributed by atoms with E-state index < -0.39 is 7.12 Å². The molecule has 0 atom stereocenters. The van der Waals surface area contributed by atoms with Crippen molar-refractivity contribution in [2.24, 2.45) is 0 Å². The van der Waals surface area contributed by atoms with Crippen LogP contribution in [0.5, 0.6) is 0 Å². The first-order valence-corrected chi connectivity index (χ1v) is 7.08. The van der Waals surface area contributed by atoms with Gasteiger partial charge in [0.15, 0.2) is 0 Å². The Morgan fingerprint density at radius 3 is 2.10 bits per heavy atom. The van der Waals surface area contributed by atoms with Crippen LogP contribution in [0.3, 0.4) is 0 Å². The highest BCUT2D eigenvalue weighted by Crippen LogP contribution is 2.37. The standard InChI is InChI=1S/C16H22BNO2/c1-11(2)14-12(10-18)8-7-9-13(14)17-19-15(3,4)16(5,6)20-17/h7-9,11H,1-6H3. The summed E-state index contributed by atoms with van der Waals surface area (Å²) < 4.78 is 12.2. The first-order chi connectivity index (χ1) is 9.19. The molecule has 1 saturated heterocycles. The minimum atomic E-state index is -0.411. The predicted octanol–water partition coefficient (Wildman–Crippen LogP) is 2.98. The topological polar surface area (TPSA) is 42.2 Å². The lowest BCUT2D eigenvalue weighted by atomic mass is 9.72. The third kappa shape index (κ3) is 2.37. The molecule has 1 fully saturated rings. The number of hydrogen-bond donors (Lipinski definition) is 0. The van der Waals surface area contributed by atoms with Gasteiger partial charge in [-0.1, -0.05) is 26.0 Å². The lowest BCUT2D eigenvalue weighted by molar-refractivity contribution is 0.00578. The second-order valence-corrected chi connectivity index (χ2v) is 6.66. The van der Waals surface area contributed by atoms with Gasteiger partial charge in [-0.3, -0.25) is 0 Å². The summed E-state index contributed by atoms with van der Waals surface area (Å²) in [6.07, 6.45) is 0. The fourth-order valence-electron chi connectivity index (χ4n) is 2.50. The molecule has 1 aliphatic heterocycles. The van der Waals surface area contributed by atoms with Crippen molar-refractivity contribution in [2.75, 3.05) is 0 Å². The van der Waals surface area contributed by atoms with E-state index in [0.717, 1.165) is 11.0 Å². The normalized spacial score (nSPS) is 20.2. The highest BCUT2D eigenvalue weighted by Gasteiger charge is 2.52. The van der Waals surface area contributed by atoms with Crippen LogP contribution in [0.15, 0.2) is 18.2 Å². The van der Waals surface area contributed by atoms with Crippen LogP contribution in [0.4, 0.5) is 0 Å². The molecule has 106 valence electrons. The smallest absolute Gasteiger partial charge is 0.399 e. The number of rotatable bonds is 2. The summed E-state index contributed by atoms with van der Waals surface area (Å²) >= 11 is 0. The fourth-order valence-corrected chi connectivity index (χ4v) is 2.50. The fraction of sp³-hybridized carbons (Fsp3) is 0.562. The van der Waals surface area contributed by atoms with E-state index in [2.05, 4.69) is 19.9 Å². The van der Waals surface area contributed by atoms with Crippen molar-refractivity contribution in [3.8, 4) is 6.07 Å². The molecule has 3 nitrogen and oxygen atoms in total. The summed E-state index contributed by atoms with van der Waals surface area (Å²) in [4.78, 5) is 0. The summed E-state index contributed by atoms with van der Waals surface area (Å²) in [5, 5.41) is 9.31. The molecule has 0 N–H and O–H groups in total. The van der Waals surface area contributed by atoms with Gasteiger partial charge in [0, 0.05) is 0 Å². The molecule has 0 unspecified atom stereocenters. The molecule has 1 heterocycles. The van der Waals surface area contributed by atoms with Crippen molar-refractivity contribution in [1.82, 2.24) is 0 Å². The highest BCUT2D eigenvalue weighted by atomic mass is 16.7. The molecule has 0 aliphatic carbocycles. The summed E-state index contributed by atoms with van der Waals surface area (Å²) in [6.45, 7) is 12.3. The zero-order valence-electron chi connectivity index (χ0n) is 13.2. The van der Waals surface area contributed by atoms with E-state index in [4.69, 9.17) is 9.31 Å².